The van der Waals surface area contributed by atoms with Gasteiger partial charge in [-0.05, 0) is 44.4 Å². The van der Waals surface area contributed by atoms with E-state index in [1.165, 1.54) is 12.8 Å². The third-order valence-electron chi connectivity index (χ3n) is 5.48. The number of aliphatic hydroxyl groups excluding tert-OH is 1. The molecule has 2 aliphatic carbocycles. The summed E-state index contributed by atoms with van der Waals surface area (Å²) in [7, 11) is 0. The maximum Gasteiger partial charge on any atom is 0.227 e. The smallest absolute Gasteiger partial charge is 0.227 e. The van der Waals surface area contributed by atoms with Crippen molar-refractivity contribution in [2.24, 2.45) is 29.4 Å². The van der Waals surface area contributed by atoms with Gasteiger partial charge in [0.15, 0.2) is 0 Å². The molecule has 4 heteroatoms. The Kier molecular flexibility index (Phi) is 3.10. The van der Waals surface area contributed by atoms with Gasteiger partial charge in [-0.1, -0.05) is 0 Å². The summed E-state index contributed by atoms with van der Waals surface area (Å²) in [5, 5.41) is 9.61. The first-order valence-electron chi connectivity index (χ1n) is 7.30. The molecule has 1 heterocycles. The lowest BCUT2D eigenvalue weighted by atomic mass is 9.84. The number of carbonyl (C=O) groups is 1. The molecule has 3 fully saturated rings. The fourth-order valence-electron chi connectivity index (χ4n) is 4.29. The van der Waals surface area contributed by atoms with E-state index >= 15 is 0 Å². The molecule has 0 aromatic rings. The normalized spacial score (nSPS) is 44.6. The Morgan fingerprint density at radius 1 is 1.33 bits per heavy atom. The fraction of sp³-hybridized carbons (Fsp3) is 0.929. The maximum atomic E-state index is 12.6. The van der Waals surface area contributed by atoms with Crippen molar-refractivity contribution < 1.29 is 9.90 Å². The molecule has 6 unspecified atom stereocenters. The van der Waals surface area contributed by atoms with Crippen LogP contribution in [0, 0.1) is 23.7 Å². The lowest BCUT2D eigenvalue weighted by Crippen LogP contribution is -2.46. The highest BCUT2D eigenvalue weighted by molar-refractivity contribution is 5.81. The molecule has 0 radical (unpaired) electrons. The third-order valence-corrected chi connectivity index (χ3v) is 5.48. The Balaban J connectivity index is 1.65. The minimum absolute atomic E-state index is 0.0662. The largest absolute Gasteiger partial charge is 0.393 e. The van der Waals surface area contributed by atoms with Crippen molar-refractivity contribution in [2.45, 2.75) is 44.8 Å². The summed E-state index contributed by atoms with van der Waals surface area (Å²) in [5.41, 5.74) is 6.23. The van der Waals surface area contributed by atoms with Crippen molar-refractivity contribution in [1.29, 1.82) is 0 Å². The summed E-state index contributed by atoms with van der Waals surface area (Å²) < 4.78 is 0. The molecular formula is C14H24N2O2. The average Bonchev–Trinajstić information content (AvgIpc) is 3.03. The molecule has 6 atom stereocenters. The van der Waals surface area contributed by atoms with Crippen LogP contribution in [0.1, 0.15) is 32.6 Å². The summed E-state index contributed by atoms with van der Waals surface area (Å²) in [5.74, 6) is 1.69. The van der Waals surface area contributed by atoms with Crippen LogP contribution in [0.4, 0.5) is 0 Å². The number of hydrogen-bond donors (Lipinski definition) is 2. The van der Waals surface area contributed by atoms with Gasteiger partial charge in [-0.2, -0.15) is 0 Å². The first kappa shape index (κ1) is 12.4. The average molecular weight is 252 g/mol. The summed E-state index contributed by atoms with van der Waals surface area (Å²) in [4.78, 5) is 14.5. The van der Waals surface area contributed by atoms with Gasteiger partial charge in [0.1, 0.15) is 0 Å². The Hall–Kier alpha value is -0.610. The van der Waals surface area contributed by atoms with E-state index in [9.17, 15) is 9.90 Å². The molecule has 1 amide bonds. The number of amides is 1. The second-order valence-corrected chi connectivity index (χ2v) is 6.51. The van der Waals surface area contributed by atoms with Crippen LogP contribution in [0.5, 0.6) is 0 Å². The van der Waals surface area contributed by atoms with Gasteiger partial charge in [-0.3, -0.25) is 4.79 Å². The predicted octanol–water partition coefficient (Wildman–Crippen LogP) is 0.589. The number of fused-ring (bicyclic) bond motifs is 2. The topological polar surface area (TPSA) is 66.6 Å². The molecule has 0 aromatic carbocycles. The van der Waals surface area contributed by atoms with Gasteiger partial charge in [-0.15, -0.1) is 0 Å². The van der Waals surface area contributed by atoms with E-state index in [1.807, 2.05) is 11.8 Å². The van der Waals surface area contributed by atoms with Crippen LogP contribution in [-0.4, -0.2) is 41.1 Å². The number of carbonyl (C=O) groups excluding carboxylic acids is 1. The van der Waals surface area contributed by atoms with Gasteiger partial charge in [0.2, 0.25) is 5.91 Å². The van der Waals surface area contributed by atoms with Crippen LogP contribution in [-0.2, 0) is 4.79 Å². The van der Waals surface area contributed by atoms with E-state index in [0.717, 1.165) is 25.9 Å². The second-order valence-electron chi connectivity index (χ2n) is 6.51. The van der Waals surface area contributed by atoms with Gasteiger partial charge >= 0.3 is 0 Å². The van der Waals surface area contributed by atoms with Crippen molar-refractivity contribution in [3.63, 3.8) is 0 Å². The highest BCUT2D eigenvalue weighted by Gasteiger charge is 2.50. The molecule has 2 saturated carbocycles. The van der Waals surface area contributed by atoms with Crippen molar-refractivity contribution in [3.05, 3.63) is 0 Å². The molecule has 0 spiro atoms. The molecule has 3 aliphatic rings. The Morgan fingerprint density at radius 2 is 2.06 bits per heavy atom. The van der Waals surface area contributed by atoms with E-state index in [1.54, 1.807) is 0 Å². The predicted molar refractivity (Wildman–Crippen MR) is 68.7 cm³/mol. The van der Waals surface area contributed by atoms with Gasteiger partial charge < -0.3 is 15.7 Å². The monoisotopic (exact) mass is 252 g/mol. The first-order chi connectivity index (χ1) is 8.58. The molecule has 2 bridgehead atoms. The van der Waals surface area contributed by atoms with Crippen molar-refractivity contribution >= 4 is 5.91 Å². The summed E-state index contributed by atoms with van der Waals surface area (Å²) in [6.45, 7) is 3.34. The lowest BCUT2D eigenvalue weighted by molar-refractivity contribution is -0.136. The number of rotatable bonds is 2. The Bertz CT molecular complexity index is 343. The van der Waals surface area contributed by atoms with E-state index in [2.05, 4.69) is 0 Å². The zero-order chi connectivity index (χ0) is 12.9. The lowest BCUT2D eigenvalue weighted by Gasteiger charge is -2.31. The van der Waals surface area contributed by atoms with Gasteiger partial charge in [-0.25, -0.2) is 0 Å². The zero-order valence-corrected chi connectivity index (χ0v) is 11.1. The van der Waals surface area contributed by atoms with E-state index < -0.39 is 0 Å². The number of nitrogens with two attached hydrogens (primary N) is 1. The second kappa shape index (κ2) is 4.49. The van der Waals surface area contributed by atoms with Gasteiger partial charge in [0, 0.05) is 25.0 Å². The van der Waals surface area contributed by atoms with Crippen LogP contribution < -0.4 is 5.73 Å². The summed E-state index contributed by atoms with van der Waals surface area (Å²) >= 11 is 0. The van der Waals surface area contributed by atoms with Crippen LogP contribution in [0.15, 0.2) is 0 Å². The molecule has 3 rings (SSSR count). The molecule has 1 saturated heterocycles. The molecule has 102 valence electrons. The molecule has 3 N–H and O–H groups in total. The zero-order valence-electron chi connectivity index (χ0n) is 11.1. The summed E-state index contributed by atoms with van der Waals surface area (Å²) in [6, 6.07) is 0.0850. The Morgan fingerprint density at radius 3 is 2.61 bits per heavy atom. The standard InChI is InChI=1S/C14H24N2O2/c1-8(17)11-4-5-16(7-11)14(18)12-9-2-3-10(6-9)13(12)15/h8-13,17H,2-7,15H2,1H3. The molecule has 0 aromatic heterocycles. The number of hydrogen-bond acceptors (Lipinski definition) is 3. The van der Waals surface area contributed by atoms with Gasteiger partial charge in [0.25, 0.3) is 0 Å². The van der Waals surface area contributed by atoms with Gasteiger partial charge in [0.05, 0.1) is 12.0 Å². The van der Waals surface area contributed by atoms with Crippen molar-refractivity contribution in [2.75, 3.05) is 13.1 Å². The fourth-order valence-corrected chi connectivity index (χ4v) is 4.29. The minimum atomic E-state index is -0.309. The molecular weight excluding hydrogens is 228 g/mol. The quantitative estimate of drug-likeness (QED) is 0.756. The van der Waals surface area contributed by atoms with E-state index in [-0.39, 0.29) is 29.9 Å². The minimum Gasteiger partial charge on any atom is -0.393 e. The van der Waals surface area contributed by atoms with Crippen molar-refractivity contribution in [3.8, 4) is 0 Å². The number of likely N-dealkylation sites (tertiary alicyclic amines) is 1. The molecule has 1 aliphatic heterocycles. The Labute approximate surface area is 109 Å². The highest BCUT2D eigenvalue weighted by atomic mass is 16.3. The molecule has 4 nitrogen and oxygen atoms in total. The highest BCUT2D eigenvalue weighted by Crippen LogP contribution is 2.48. The van der Waals surface area contributed by atoms with Crippen LogP contribution in [0.2, 0.25) is 0 Å². The first-order valence-corrected chi connectivity index (χ1v) is 7.30. The third kappa shape index (κ3) is 1.86. The van der Waals surface area contributed by atoms with Crippen LogP contribution in [0.3, 0.4) is 0 Å². The SMILES string of the molecule is CC(O)C1CCN(C(=O)C2C3CCC(C3)C2N)C1. The maximum absolute atomic E-state index is 12.6. The van der Waals surface area contributed by atoms with Crippen LogP contribution in [0.25, 0.3) is 0 Å². The summed E-state index contributed by atoms with van der Waals surface area (Å²) in [6.07, 6.45) is 4.18. The molecule has 18 heavy (non-hydrogen) atoms. The van der Waals surface area contributed by atoms with Crippen LogP contribution >= 0.6 is 0 Å². The van der Waals surface area contributed by atoms with E-state index in [0.29, 0.717) is 11.8 Å². The number of nitrogens with zero attached hydrogens (tertiary/aromatic N) is 1. The number of aliphatic hydroxyl groups is 1. The van der Waals surface area contributed by atoms with E-state index in [4.69, 9.17) is 5.73 Å². The van der Waals surface area contributed by atoms with Crippen molar-refractivity contribution in [1.82, 2.24) is 4.90 Å².